The Morgan fingerprint density at radius 3 is 2.38 bits per heavy atom. The Morgan fingerprint density at radius 2 is 1.46 bits per heavy atom. The summed E-state index contributed by atoms with van der Waals surface area (Å²) in [6.07, 6.45) is 0. The molecule has 0 spiro atoms. The molecule has 0 fully saturated rings. The number of hydrogen-bond donors (Lipinski definition) is 1. The molecule has 6 nitrogen and oxygen atoms in total. The Hall–Kier alpha value is -5.49. The summed E-state index contributed by atoms with van der Waals surface area (Å²) in [6.45, 7) is 0. The lowest BCUT2D eigenvalue weighted by molar-refractivity contribution is 0.102. The molecule has 0 aliphatic heterocycles. The Labute approximate surface area is 222 Å². The van der Waals surface area contributed by atoms with Crippen molar-refractivity contribution in [2.24, 2.45) is 0 Å². The Balaban J connectivity index is 1.18. The molecule has 0 aliphatic carbocycles. The molecule has 186 valence electrons. The van der Waals surface area contributed by atoms with Gasteiger partial charge in [0.2, 0.25) is 5.89 Å². The number of nitrogens with one attached hydrogen (secondary N) is 1. The molecule has 39 heavy (non-hydrogen) atoms. The minimum absolute atomic E-state index is 0.303. The lowest BCUT2D eigenvalue weighted by atomic mass is 10.0. The molecule has 1 amide bonds. The summed E-state index contributed by atoms with van der Waals surface area (Å²) in [7, 11) is 0. The SMILES string of the molecule is O=C(Nc1cccc(-c2nc3c(ccc4ccccc43)o2)c1)c1cccc(-c2cc3ccccc3oc2=O)c1. The normalized spacial score (nSPS) is 11.3. The molecule has 0 aliphatic rings. The van der Waals surface area contributed by atoms with Gasteiger partial charge in [0, 0.05) is 27.6 Å². The van der Waals surface area contributed by atoms with E-state index in [0.29, 0.717) is 39.4 Å². The first-order chi connectivity index (χ1) is 19.1. The smallest absolute Gasteiger partial charge is 0.344 e. The topological polar surface area (TPSA) is 85.3 Å². The van der Waals surface area contributed by atoms with E-state index in [4.69, 9.17) is 13.8 Å². The number of benzene rings is 5. The monoisotopic (exact) mass is 508 g/mol. The number of para-hydroxylation sites is 1. The molecule has 2 aromatic heterocycles. The van der Waals surface area contributed by atoms with Crippen molar-refractivity contribution in [3.63, 3.8) is 0 Å². The molecule has 7 rings (SSSR count). The number of oxazole rings is 1. The molecule has 2 heterocycles. The lowest BCUT2D eigenvalue weighted by Gasteiger charge is -2.08. The third kappa shape index (κ3) is 4.14. The van der Waals surface area contributed by atoms with E-state index >= 15 is 0 Å². The molecular weight excluding hydrogens is 488 g/mol. The summed E-state index contributed by atoms with van der Waals surface area (Å²) in [5.74, 6) is 0.171. The predicted molar refractivity (Wildman–Crippen MR) is 153 cm³/mol. The van der Waals surface area contributed by atoms with Gasteiger partial charge >= 0.3 is 5.63 Å². The number of rotatable bonds is 4. The highest BCUT2D eigenvalue weighted by molar-refractivity contribution is 6.06. The minimum Gasteiger partial charge on any atom is -0.436 e. The van der Waals surface area contributed by atoms with Gasteiger partial charge in [0.05, 0.1) is 5.56 Å². The number of anilines is 1. The minimum atomic E-state index is -0.454. The number of carbonyl (C=O) groups is 1. The molecule has 1 N–H and O–H groups in total. The molecule has 0 bridgehead atoms. The summed E-state index contributed by atoms with van der Waals surface area (Å²) in [6, 6.07) is 35.4. The quantitative estimate of drug-likeness (QED) is 0.247. The number of amides is 1. The van der Waals surface area contributed by atoms with Crippen LogP contribution >= 0.6 is 0 Å². The van der Waals surface area contributed by atoms with Crippen LogP contribution in [0.4, 0.5) is 5.69 Å². The molecule has 5 aromatic carbocycles. The van der Waals surface area contributed by atoms with Gasteiger partial charge in [-0.25, -0.2) is 9.78 Å². The Kier molecular flexibility index (Phi) is 5.30. The Bertz CT molecular complexity index is 2110. The van der Waals surface area contributed by atoms with Crippen molar-refractivity contribution in [1.82, 2.24) is 4.98 Å². The number of nitrogens with zero attached hydrogens (tertiary/aromatic N) is 1. The largest absolute Gasteiger partial charge is 0.436 e. The molecule has 0 saturated carbocycles. The van der Waals surface area contributed by atoms with Gasteiger partial charge in [0.1, 0.15) is 11.1 Å². The summed E-state index contributed by atoms with van der Waals surface area (Å²) in [4.78, 5) is 30.6. The Morgan fingerprint density at radius 1 is 0.667 bits per heavy atom. The number of hydrogen-bond acceptors (Lipinski definition) is 5. The summed E-state index contributed by atoms with van der Waals surface area (Å²) < 4.78 is 11.5. The van der Waals surface area contributed by atoms with Crippen molar-refractivity contribution < 1.29 is 13.6 Å². The van der Waals surface area contributed by atoms with Gasteiger partial charge in [-0.05, 0) is 59.5 Å². The fraction of sp³-hybridized carbons (Fsp3) is 0. The average molecular weight is 509 g/mol. The van der Waals surface area contributed by atoms with E-state index in [1.54, 1.807) is 42.5 Å². The maximum atomic E-state index is 13.2. The van der Waals surface area contributed by atoms with E-state index in [0.717, 1.165) is 27.2 Å². The highest BCUT2D eigenvalue weighted by Gasteiger charge is 2.14. The maximum absolute atomic E-state index is 13.2. The maximum Gasteiger partial charge on any atom is 0.344 e. The van der Waals surface area contributed by atoms with Gasteiger partial charge in [-0.2, -0.15) is 0 Å². The van der Waals surface area contributed by atoms with E-state index < -0.39 is 5.63 Å². The van der Waals surface area contributed by atoms with Crippen LogP contribution in [0.5, 0.6) is 0 Å². The van der Waals surface area contributed by atoms with Crippen molar-refractivity contribution in [2.45, 2.75) is 0 Å². The first-order valence-electron chi connectivity index (χ1n) is 12.5. The van der Waals surface area contributed by atoms with Crippen molar-refractivity contribution in [1.29, 1.82) is 0 Å². The van der Waals surface area contributed by atoms with Gasteiger partial charge in [0.15, 0.2) is 5.58 Å². The molecule has 0 radical (unpaired) electrons. The van der Waals surface area contributed by atoms with Crippen LogP contribution in [0.1, 0.15) is 10.4 Å². The van der Waals surface area contributed by atoms with Gasteiger partial charge in [-0.1, -0.05) is 66.7 Å². The zero-order chi connectivity index (χ0) is 26.3. The van der Waals surface area contributed by atoms with Crippen LogP contribution in [0.15, 0.2) is 129 Å². The van der Waals surface area contributed by atoms with E-state index in [1.165, 1.54) is 0 Å². The zero-order valence-electron chi connectivity index (χ0n) is 20.5. The molecule has 7 aromatic rings. The van der Waals surface area contributed by atoms with Crippen molar-refractivity contribution >= 4 is 44.4 Å². The first kappa shape index (κ1) is 22.7. The predicted octanol–water partition coefficient (Wildman–Crippen LogP) is 7.67. The standard InChI is InChI=1S/C33H20N2O4/c36-31(23-10-5-9-21(17-23)27-19-22-8-2-4-14-28(22)39-33(27)37)34-25-12-6-11-24(18-25)32-35-30-26-13-3-1-7-20(26)15-16-29(30)38-32/h1-19H,(H,34,36). The van der Waals surface area contributed by atoms with E-state index in [1.807, 2.05) is 72.8 Å². The van der Waals surface area contributed by atoms with Gasteiger partial charge in [0.25, 0.3) is 5.91 Å². The van der Waals surface area contributed by atoms with Crippen LogP contribution in [0.2, 0.25) is 0 Å². The van der Waals surface area contributed by atoms with Gasteiger partial charge < -0.3 is 14.2 Å². The van der Waals surface area contributed by atoms with Crippen molar-refractivity contribution in [2.75, 3.05) is 5.32 Å². The van der Waals surface area contributed by atoms with Crippen LogP contribution in [0.25, 0.3) is 55.4 Å². The second kappa shape index (κ2) is 9.11. The van der Waals surface area contributed by atoms with E-state index in [9.17, 15) is 9.59 Å². The third-order valence-electron chi connectivity index (χ3n) is 6.73. The lowest BCUT2D eigenvalue weighted by Crippen LogP contribution is -2.12. The zero-order valence-corrected chi connectivity index (χ0v) is 20.5. The summed E-state index contributed by atoms with van der Waals surface area (Å²) in [5, 5.41) is 5.87. The van der Waals surface area contributed by atoms with Gasteiger partial charge in [-0.3, -0.25) is 4.79 Å². The number of aromatic nitrogens is 1. The molecule has 0 atom stereocenters. The molecule has 0 unspecified atom stereocenters. The fourth-order valence-electron chi connectivity index (χ4n) is 4.81. The number of carbonyl (C=O) groups excluding carboxylic acids is 1. The third-order valence-corrected chi connectivity index (χ3v) is 6.73. The van der Waals surface area contributed by atoms with Crippen LogP contribution < -0.4 is 10.9 Å². The van der Waals surface area contributed by atoms with Crippen molar-refractivity contribution in [3.05, 3.63) is 131 Å². The second-order valence-corrected chi connectivity index (χ2v) is 9.25. The van der Waals surface area contributed by atoms with Crippen LogP contribution in [-0.4, -0.2) is 10.9 Å². The van der Waals surface area contributed by atoms with Crippen LogP contribution in [0, 0.1) is 0 Å². The second-order valence-electron chi connectivity index (χ2n) is 9.25. The van der Waals surface area contributed by atoms with Gasteiger partial charge in [-0.15, -0.1) is 0 Å². The number of fused-ring (bicyclic) bond motifs is 4. The fourth-order valence-corrected chi connectivity index (χ4v) is 4.81. The average Bonchev–Trinajstić information content (AvgIpc) is 3.42. The highest BCUT2D eigenvalue weighted by atomic mass is 16.4. The summed E-state index contributed by atoms with van der Waals surface area (Å²) >= 11 is 0. The van der Waals surface area contributed by atoms with E-state index in [-0.39, 0.29) is 5.91 Å². The molecular formula is C33H20N2O4. The molecule has 6 heteroatoms. The molecule has 0 saturated heterocycles. The van der Waals surface area contributed by atoms with Crippen LogP contribution in [-0.2, 0) is 0 Å². The summed E-state index contributed by atoms with van der Waals surface area (Å²) in [5.41, 5.74) is 4.33. The van der Waals surface area contributed by atoms with Crippen LogP contribution in [0.3, 0.4) is 0 Å². The first-order valence-corrected chi connectivity index (χ1v) is 12.5. The highest BCUT2D eigenvalue weighted by Crippen LogP contribution is 2.31. The van der Waals surface area contributed by atoms with Crippen molar-refractivity contribution in [3.8, 4) is 22.6 Å². The van der Waals surface area contributed by atoms with E-state index in [2.05, 4.69) is 5.32 Å².